The van der Waals surface area contributed by atoms with E-state index in [0.717, 1.165) is 12.7 Å². The highest BCUT2D eigenvalue weighted by molar-refractivity contribution is 5.56. The van der Waals surface area contributed by atoms with Gasteiger partial charge in [-0.15, -0.1) is 0 Å². The molecule has 1 rings (SSSR count). The van der Waals surface area contributed by atoms with E-state index in [1.165, 1.54) is 11.1 Å². The number of rotatable bonds is 2. The van der Waals surface area contributed by atoms with Gasteiger partial charge in [0, 0.05) is 11.8 Å². The van der Waals surface area contributed by atoms with Gasteiger partial charge in [0.25, 0.3) is 0 Å². The van der Waals surface area contributed by atoms with Crippen LogP contribution in [0, 0.1) is 17.8 Å². The maximum Gasteiger partial charge on any atom is 0.123 e. The normalized spacial score (nSPS) is 32.0. The Morgan fingerprint density at radius 1 is 1.50 bits per heavy atom. The molecule has 0 N–H and O–H groups in total. The van der Waals surface area contributed by atoms with Crippen molar-refractivity contribution < 1.29 is 4.79 Å². The summed E-state index contributed by atoms with van der Waals surface area (Å²) in [5.74, 6) is 1.07. The van der Waals surface area contributed by atoms with E-state index in [-0.39, 0.29) is 5.92 Å². The summed E-state index contributed by atoms with van der Waals surface area (Å²) in [5.41, 5.74) is 2.71. The Hall–Kier alpha value is -0.850. The van der Waals surface area contributed by atoms with E-state index in [4.69, 9.17) is 0 Å². The Morgan fingerprint density at radius 2 is 2.14 bits per heavy atom. The third kappa shape index (κ3) is 2.57. The predicted molar refractivity (Wildman–Crippen MR) is 60.0 cm³/mol. The fraction of sp³-hybridized carbons (Fsp3) is 0.615. The van der Waals surface area contributed by atoms with Crippen LogP contribution in [-0.4, -0.2) is 6.29 Å². The largest absolute Gasteiger partial charge is 0.303 e. The van der Waals surface area contributed by atoms with Crippen molar-refractivity contribution >= 4 is 6.29 Å². The molecule has 0 aliphatic heterocycles. The molecule has 0 aromatic rings. The average Bonchev–Trinajstić information content (AvgIpc) is 2.10. The molecule has 0 unspecified atom stereocenters. The van der Waals surface area contributed by atoms with Gasteiger partial charge >= 0.3 is 0 Å². The second-order valence-electron chi connectivity index (χ2n) is 4.67. The number of hydrogen-bond acceptors (Lipinski definition) is 1. The van der Waals surface area contributed by atoms with Gasteiger partial charge in [-0.2, -0.15) is 0 Å². The first-order valence-electron chi connectivity index (χ1n) is 5.33. The topological polar surface area (TPSA) is 17.1 Å². The number of allylic oxidation sites excluding steroid dienone is 4. The first-order valence-corrected chi connectivity index (χ1v) is 5.33. The van der Waals surface area contributed by atoms with E-state index in [2.05, 4.69) is 39.8 Å². The minimum atomic E-state index is 0.184. The van der Waals surface area contributed by atoms with E-state index in [0.29, 0.717) is 11.8 Å². The molecule has 1 heteroatoms. The van der Waals surface area contributed by atoms with Crippen LogP contribution in [0.15, 0.2) is 23.3 Å². The standard InChI is InChI=1S/C13H20O/c1-9(2)5-12-6-10(3)11(4)7-13(12)8-14/h5-6,8,11-13H,7H2,1-4H3/t11-,12-,13-/m1/s1. The molecule has 1 nitrogen and oxygen atoms in total. The van der Waals surface area contributed by atoms with Crippen molar-refractivity contribution in [1.82, 2.24) is 0 Å². The predicted octanol–water partition coefficient (Wildman–Crippen LogP) is 3.37. The lowest BCUT2D eigenvalue weighted by Crippen LogP contribution is -2.22. The Labute approximate surface area is 86.9 Å². The Kier molecular flexibility index (Phi) is 3.68. The summed E-state index contributed by atoms with van der Waals surface area (Å²) in [6, 6.07) is 0. The van der Waals surface area contributed by atoms with Gasteiger partial charge in [0.15, 0.2) is 0 Å². The second-order valence-corrected chi connectivity index (χ2v) is 4.67. The molecule has 0 aromatic carbocycles. The van der Waals surface area contributed by atoms with Gasteiger partial charge in [0.1, 0.15) is 6.29 Å². The van der Waals surface area contributed by atoms with E-state index in [9.17, 15) is 4.79 Å². The van der Waals surface area contributed by atoms with Gasteiger partial charge in [0.2, 0.25) is 0 Å². The molecule has 1 aliphatic carbocycles. The van der Waals surface area contributed by atoms with Crippen molar-refractivity contribution in [3.8, 4) is 0 Å². The summed E-state index contributed by atoms with van der Waals surface area (Å²) in [6.07, 6.45) is 6.57. The lowest BCUT2D eigenvalue weighted by Gasteiger charge is -2.28. The summed E-state index contributed by atoms with van der Waals surface area (Å²) in [5, 5.41) is 0. The van der Waals surface area contributed by atoms with Gasteiger partial charge in [0.05, 0.1) is 0 Å². The van der Waals surface area contributed by atoms with Gasteiger partial charge in [-0.25, -0.2) is 0 Å². The van der Waals surface area contributed by atoms with Crippen molar-refractivity contribution in [1.29, 1.82) is 0 Å². The van der Waals surface area contributed by atoms with E-state index in [1.807, 2.05) is 0 Å². The molecule has 0 fully saturated rings. The lowest BCUT2D eigenvalue weighted by molar-refractivity contribution is -0.112. The van der Waals surface area contributed by atoms with Crippen molar-refractivity contribution in [2.75, 3.05) is 0 Å². The molecule has 78 valence electrons. The zero-order valence-corrected chi connectivity index (χ0v) is 9.58. The van der Waals surface area contributed by atoms with Crippen molar-refractivity contribution in [3.63, 3.8) is 0 Å². The van der Waals surface area contributed by atoms with Crippen LogP contribution in [0.4, 0.5) is 0 Å². The summed E-state index contributed by atoms with van der Waals surface area (Å²) in [7, 11) is 0. The lowest BCUT2D eigenvalue weighted by atomic mass is 9.76. The van der Waals surface area contributed by atoms with Crippen LogP contribution in [0.3, 0.4) is 0 Å². The zero-order chi connectivity index (χ0) is 10.7. The van der Waals surface area contributed by atoms with Crippen molar-refractivity contribution in [2.24, 2.45) is 17.8 Å². The Bertz CT molecular complexity index is 269. The first kappa shape index (κ1) is 11.2. The van der Waals surface area contributed by atoms with E-state index >= 15 is 0 Å². The number of hydrogen-bond donors (Lipinski definition) is 0. The highest BCUT2D eigenvalue weighted by atomic mass is 16.1. The highest BCUT2D eigenvalue weighted by Gasteiger charge is 2.25. The van der Waals surface area contributed by atoms with E-state index in [1.54, 1.807) is 0 Å². The number of aldehydes is 1. The van der Waals surface area contributed by atoms with E-state index < -0.39 is 0 Å². The van der Waals surface area contributed by atoms with Crippen molar-refractivity contribution in [3.05, 3.63) is 23.3 Å². The quantitative estimate of drug-likeness (QED) is 0.484. The molecule has 0 saturated carbocycles. The number of carbonyl (C=O) groups is 1. The Morgan fingerprint density at radius 3 is 2.64 bits per heavy atom. The van der Waals surface area contributed by atoms with Crippen LogP contribution in [-0.2, 0) is 4.79 Å². The third-order valence-electron chi connectivity index (χ3n) is 3.05. The first-order chi connectivity index (χ1) is 6.54. The Balaban J connectivity index is 2.90. The molecule has 3 atom stereocenters. The van der Waals surface area contributed by atoms with Crippen LogP contribution >= 0.6 is 0 Å². The smallest absolute Gasteiger partial charge is 0.123 e. The van der Waals surface area contributed by atoms with Gasteiger partial charge in [-0.1, -0.05) is 30.2 Å². The van der Waals surface area contributed by atoms with Crippen LogP contribution in [0.5, 0.6) is 0 Å². The summed E-state index contributed by atoms with van der Waals surface area (Å²) < 4.78 is 0. The summed E-state index contributed by atoms with van der Waals surface area (Å²) in [6.45, 7) is 8.53. The maximum atomic E-state index is 10.9. The molecule has 0 saturated heterocycles. The summed E-state index contributed by atoms with van der Waals surface area (Å²) in [4.78, 5) is 10.9. The minimum absolute atomic E-state index is 0.184. The molecular weight excluding hydrogens is 172 g/mol. The molecule has 0 amide bonds. The van der Waals surface area contributed by atoms with Crippen LogP contribution in [0.2, 0.25) is 0 Å². The van der Waals surface area contributed by atoms with Crippen LogP contribution in [0.1, 0.15) is 34.1 Å². The van der Waals surface area contributed by atoms with Crippen LogP contribution < -0.4 is 0 Å². The molecular formula is C13H20O. The minimum Gasteiger partial charge on any atom is -0.303 e. The molecule has 0 radical (unpaired) electrons. The number of carbonyl (C=O) groups excluding carboxylic acids is 1. The molecule has 14 heavy (non-hydrogen) atoms. The molecule has 1 aliphatic rings. The summed E-state index contributed by atoms with van der Waals surface area (Å²) >= 11 is 0. The fourth-order valence-electron chi connectivity index (χ4n) is 2.05. The highest BCUT2D eigenvalue weighted by Crippen LogP contribution is 2.32. The molecule has 0 spiro atoms. The molecule has 0 heterocycles. The van der Waals surface area contributed by atoms with Gasteiger partial charge in [-0.05, 0) is 33.1 Å². The maximum absolute atomic E-state index is 10.9. The zero-order valence-electron chi connectivity index (χ0n) is 9.58. The van der Waals surface area contributed by atoms with Gasteiger partial charge < -0.3 is 4.79 Å². The third-order valence-corrected chi connectivity index (χ3v) is 3.05. The average molecular weight is 192 g/mol. The van der Waals surface area contributed by atoms with Crippen molar-refractivity contribution in [2.45, 2.75) is 34.1 Å². The fourth-order valence-corrected chi connectivity index (χ4v) is 2.05. The monoisotopic (exact) mass is 192 g/mol. The van der Waals surface area contributed by atoms with Crippen LogP contribution in [0.25, 0.3) is 0 Å². The molecule has 0 aromatic heterocycles. The SMILES string of the molecule is CC(C)=C[C@@H]1C=C(C)[C@H](C)C[C@@H]1C=O. The second kappa shape index (κ2) is 4.59. The van der Waals surface area contributed by atoms with Gasteiger partial charge in [-0.3, -0.25) is 0 Å². The molecule has 0 bridgehead atoms.